The normalized spacial score (nSPS) is 12.7. The van der Waals surface area contributed by atoms with Crippen molar-refractivity contribution in [2.75, 3.05) is 12.0 Å². The highest BCUT2D eigenvalue weighted by atomic mass is 79.9. The number of fused-ring (bicyclic) bond motifs is 1. The largest absolute Gasteiger partial charge is 0.383 e. The van der Waals surface area contributed by atoms with Gasteiger partial charge in [0.2, 0.25) is 0 Å². The molecule has 0 radical (unpaired) electrons. The Morgan fingerprint density at radius 2 is 2.13 bits per heavy atom. The minimum atomic E-state index is -0.152. The van der Waals surface area contributed by atoms with E-state index in [1.165, 1.54) is 11.8 Å². The summed E-state index contributed by atoms with van der Waals surface area (Å²) in [5.74, 6) is 0.810. The smallest absolute Gasteiger partial charge is 0.153 e. The van der Waals surface area contributed by atoms with E-state index in [9.17, 15) is 0 Å². The fourth-order valence-corrected chi connectivity index (χ4v) is 3.77. The minimum Gasteiger partial charge on any atom is -0.383 e. The molecule has 0 aliphatic heterocycles. The van der Waals surface area contributed by atoms with Crippen LogP contribution in [0.25, 0.3) is 10.9 Å². The highest BCUT2D eigenvalue weighted by molar-refractivity contribution is 9.10. The molecule has 3 heterocycles. The van der Waals surface area contributed by atoms with Crippen molar-refractivity contribution >= 4 is 68.6 Å². The molecule has 120 valence electrons. The number of nitrogens with zero attached hydrogens (tertiary/aromatic N) is 3. The third-order valence-corrected chi connectivity index (χ3v) is 5.72. The van der Waals surface area contributed by atoms with Gasteiger partial charge in [0.15, 0.2) is 5.15 Å². The van der Waals surface area contributed by atoms with Crippen molar-refractivity contribution in [3.8, 4) is 0 Å². The molecule has 0 saturated carbocycles. The van der Waals surface area contributed by atoms with Gasteiger partial charge in [-0.25, -0.2) is 15.0 Å². The lowest BCUT2D eigenvalue weighted by atomic mass is 10.1. The van der Waals surface area contributed by atoms with Gasteiger partial charge in [-0.3, -0.25) is 0 Å². The number of thiol groups is 1. The van der Waals surface area contributed by atoms with E-state index in [1.807, 2.05) is 25.4 Å². The summed E-state index contributed by atoms with van der Waals surface area (Å²) in [5.41, 5.74) is 7.52. The predicted molar refractivity (Wildman–Crippen MR) is 102 cm³/mol. The molecule has 0 saturated heterocycles. The molecule has 0 aromatic carbocycles. The molecule has 0 bridgehead atoms. The summed E-state index contributed by atoms with van der Waals surface area (Å²) in [6.07, 6.45) is 3.76. The number of thioether (sulfide) groups is 1. The molecule has 3 rings (SSSR count). The van der Waals surface area contributed by atoms with Crippen molar-refractivity contribution in [3.63, 3.8) is 0 Å². The van der Waals surface area contributed by atoms with E-state index >= 15 is 0 Å². The second kappa shape index (κ2) is 6.51. The van der Waals surface area contributed by atoms with E-state index in [4.69, 9.17) is 17.3 Å². The number of aromatic amines is 1. The first-order valence-corrected chi connectivity index (χ1v) is 9.50. The summed E-state index contributed by atoms with van der Waals surface area (Å²) in [5, 5.41) is 2.13. The summed E-state index contributed by atoms with van der Waals surface area (Å²) in [6.45, 7) is 1.97. The number of halogens is 2. The lowest BCUT2D eigenvalue weighted by Crippen LogP contribution is -2.08. The van der Waals surface area contributed by atoms with Gasteiger partial charge in [0, 0.05) is 16.1 Å². The molecule has 1 atom stereocenters. The summed E-state index contributed by atoms with van der Waals surface area (Å²) in [7, 11) is 0. The number of hydrogen-bond donors (Lipinski definition) is 3. The van der Waals surface area contributed by atoms with Crippen LogP contribution in [0, 0.1) is 0 Å². The minimum absolute atomic E-state index is 0.152. The molecule has 0 amide bonds. The maximum absolute atomic E-state index is 6.28. The fraction of sp³-hybridized carbons (Fsp3) is 0.214. The molecule has 0 spiro atoms. The van der Waals surface area contributed by atoms with Crippen LogP contribution in [-0.2, 0) is 0 Å². The van der Waals surface area contributed by atoms with E-state index in [0.717, 1.165) is 26.1 Å². The molecule has 0 aliphatic carbocycles. The zero-order valence-corrected chi connectivity index (χ0v) is 16.3. The predicted octanol–water partition coefficient (Wildman–Crippen LogP) is 4.51. The summed E-state index contributed by atoms with van der Waals surface area (Å²) < 4.78 is 0.932. The third-order valence-electron chi connectivity index (χ3n) is 3.52. The quantitative estimate of drug-likeness (QED) is 0.246. The van der Waals surface area contributed by atoms with Crippen molar-refractivity contribution in [2.24, 2.45) is 0 Å². The molecule has 23 heavy (non-hydrogen) atoms. The summed E-state index contributed by atoms with van der Waals surface area (Å²) >= 11 is 15.6. The number of nitrogens with two attached hydrogens (primary N) is 1. The van der Waals surface area contributed by atoms with Crippen LogP contribution in [-0.4, -0.2) is 26.2 Å². The Morgan fingerprint density at radius 1 is 1.39 bits per heavy atom. The first kappa shape index (κ1) is 16.9. The third kappa shape index (κ3) is 3.05. The summed E-state index contributed by atoms with van der Waals surface area (Å²) in [6, 6.07) is 1.97. The van der Waals surface area contributed by atoms with Crippen LogP contribution in [0.4, 0.5) is 5.82 Å². The lowest BCUT2D eigenvalue weighted by molar-refractivity contribution is 0.756. The second-order valence-electron chi connectivity index (χ2n) is 4.94. The Labute approximate surface area is 156 Å². The van der Waals surface area contributed by atoms with E-state index < -0.39 is 0 Å². The van der Waals surface area contributed by atoms with Crippen LogP contribution in [0.2, 0.25) is 5.15 Å². The number of H-pyrrole nitrogens is 1. The van der Waals surface area contributed by atoms with Gasteiger partial charge in [0.1, 0.15) is 16.7 Å². The van der Waals surface area contributed by atoms with Gasteiger partial charge < -0.3 is 10.7 Å². The number of anilines is 1. The molecule has 1 unspecified atom stereocenters. The van der Waals surface area contributed by atoms with E-state index in [-0.39, 0.29) is 5.92 Å². The van der Waals surface area contributed by atoms with Gasteiger partial charge in [-0.15, -0.1) is 24.4 Å². The first-order chi connectivity index (χ1) is 10.9. The number of hydrogen-bond acceptors (Lipinski definition) is 6. The van der Waals surface area contributed by atoms with E-state index in [1.54, 1.807) is 0 Å². The molecule has 0 fully saturated rings. The molecule has 9 heteroatoms. The van der Waals surface area contributed by atoms with Crippen molar-refractivity contribution in [2.45, 2.75) is 22.8 Å². The van der Waals surface area contributed by atoms with Crippen LogP contribution >= 0.6 is 51.9 Å². The topological polar surface area (TPSA) is 80.5 Å². The van der Waals surface area contributed by atoms with Crippen LogP contribution in [0.3, 0.4) is 0 Å². The highest BCUT2D eigenvalue weighted by Crippen LogP contribution is 2.33. The van der Waals surface area contributed by atoms with Gasteiger partial charge in [0.05, 0.1) is 22.0 Å². The Balaban J connectivity index is 2.11. The van der Waals surface area contributed by atoms with Crippen molar-refractivity contribution in [3.05, 3.63) is 33.4 Å². The maximum Gasteiger partial charge on any atom is 0.153 e. The molecular weight excluding hydrogens is 418 g/mol. The Kier molecular flexibility index (Phi) is 4.78. The number of aromatic nitrogens is 4. The SMILES string of the molecule is CSc1nc(C(C)c2cc3c(Br)c[nH]c3c(Cl)n2)nc(N)c1S. The van der Waals surface area contributed by atoms with E-state index in [2.05, 4.69) is 48.5 Å². The molecule has 5 nitrogen and oxygen atoms in total. The molecular formula is C14H13BrClN5S2. The fourth-order valence-electron chi connectivity index (χ4n) is 2.23. The van der Waals surface area contributed by atoms with Gasteiger partial charge in [-0.05, 0) is 35.2 Å². The van der Waals surface area contributed by atoms with Crippen molar-refractivity contribution < 1.29 is 0 Å². The van der Waals surface area contributed by atoms with Gasteiger partial charge >= 0.3 is 0 Å². The number of rotatable bonds is 3. The van der Waals surface area contributed by atoms with Crippen LogP contribution < -0.4 is 5.73 Å². The molecule has 3 aromatic heterocycles. The number of nitrogen functional groups attached to an aromatic ring is 1. The van der Waals surface area contributed by atoms with Gasteiger partial charge in [-0.1, -0.05) is 11.6 Å². The zero-order chi connectivity index (χ0) is 16.7. The molecule has 3 N–H and O–H groups in total. The maximum atomic E-state index is 6.28. The average Bonchev–Trinajstić information content (AvgIpc) is 2.91. The van der Waals surface area contributed by atoms with Crippen LogP contribution in [0.5, 0.6) is 0 Å². The summed E-state index contributed by atoms with van der Waals surface area (Å²) in [4.78, 5) is 17.0. The first-order valence-electron chi connectivity index (χ1n) is 6.65. The van der Waals surface area contributed by atoms with Gasteiger partial charge in [-0.2, -0.15) is 0 Å². The second-order valence-corrected chi connectivity index (χ2v) is 7.40. The number of nitrogens with one attached hydrogen (secondary N) is 1. The monoisotopic (exact) mass is 429 g/mol. The molecule has 0 aliphatic rings. The Hall–Kier alpha value is -0.960. The lowest BCUT2D eigenvalue weighted by Gasteiger charge is -2.13. The van der Waals surface area contributed by atoms with E-state index in [0.29, 0.717) is 21.7 Å². The highest BCUT2D eigenvalue weighted by Gasteiger charge is 2.19. The Bertz CT molecular complexity index is 898. The van der Waals surface area contributed by atoms with Crippen molar-refractivity contribution in [1.29, 1.82) is 0 Å². The Morgan fingerprint density at radius 3 is 2.83 bits per heavy atom. The van der Waals surface area contributed by atoms with Crippen LogP contribution in [0.15, 0.2) is 26.7 Å². The standard InChI is InChI=1S/C14H13BrClN5S2/c1-5(13-20-12(17)10(22)14(21-13)23-2)8-3-6-7(15)4-18-9(6)11(16)19-8/h3-5,18,22H,1-2H3,(H2,17,20,21). The van der Waals surface area contributed by atoms with Crippen molar-refractivity contribution in [1.82, 2.24) is 19.9 Å². The number of pyridine rings is 1. The average molecular weight is 431 g/mol. The molecule has 3 aromatic rings. The zero-order valence-electron chi connectivity index (χ0n) is 12.3. The van der Waals surface area contributed by atoms with Gasteiger partial charge in [0.25, 0.3) is 0 Å². The van der Waals surface area contributed by atoms with Crippen LogP contribution in [0.1, 0.15) is 24.4 Å².